The fourth-order valence-corrected chi connectivity index (χ4v) is 3.76. The van der Waals surface area contributed by atoms with Gasteiger partial charge in [-0.25, -0.2) is 8.42 Å². The van der Waals surface area contributed by atoms with Crippen LogP contribution in [0.5, 0.6) is 0 Å². The van der Waals surface area contributed by atoms with Crippen molar-refractivity contribution < 1.29 is 13.2 Å². The maximum Gasteiger partial charge on any atom is 0.186 e. The lowest BCUT2D eigenvalue weighted by Crippen LogP contribution is -2.14. The Kier molecular flexibility index (Phi) is 3.81. The first-order chi connectivity index (χ1) is 9.33. The number of carbonyl (C=O) groups is 1. The SMILES string of the molecule is CC(=O)CS(=O)(=O)c1cccc2c(N(C)C)cccc12. The lowest BCUT2D eigenvalue weighted by Gasteiger charge is -2.16. The summed E-state index contributed by atoms with van der Waals surface area (Å²) < 4.78 is 24.6. The van der Waals surface area contributed by atoms with E-state index in [0.717, 1.165) is 11.1 Å². The molecule has 0 aromatic heterocycles. The molecule has 2 aromatic rings. The fourth-order valence-electron chi connectivity index (χ4n) is 2.27. The molecule has 0 saturated carbocycles. The van der Waals surface area contributed by atoms with E-state index >= 15 is 0 Å². The third kappa shape index (κ3) is 2.67. The molecule has 0 heterocycles. The minimum absolute atomic E-state index is 0.217. The van der Waals surface area contributed by atoms with Gasteiger partial charge in [-0.1, -0.05) is 24.3 Å². The predicted octanol–water partition coefficient (Wildman–Crippen LogP) is 2.27. The number of rotatable bonds is 4. The minimum atomic E-state index is -3.60. The zero-order valence-electron chi connectivity index (χ0n) is 11.8. The summed E-state index contributed by atoms with van der Waals surface area (Å²) in [5, 5.41) is 1.52. The van der Waals surface area contributed by atoms with Gasteiger partial charge in [-0.05, 0) is 19.1 Å². The molecule has 4 nitrogen and oxygen atoms in total. The van der Waals surface area contributed by atoms with Gasteiger partial charge in [0, 0.05) is 30.6 Å². The molecular weight excluding hydrogens is 274 g/mol. The van der Waals surface area contributed by atoms with Gasteiger partial charge in [0.15, 0.2) is 9.84 Å². The van der Waals surface area contributed by atoms with Crippen LogP contribution in [0.25, 0.3) is 10.8 Å². The highest BCUT2D eigenvalue weighted by molar-refractivity contribution is 7.92. The summed E-state index contributed by atoms with van der Waals surface area (Å²) in [5.74, 6) is -0.816. The number of nitrogens with zero attached hydrogens (tertiary/aromatic N) is 1. The van der Waals surface area contributed by atoms with Crippen LogP contribution < -0.4 is 4.90 Å². The Labute approximate surface area is 118 Å². The molecule has 106 valence electrons. The van der Waals surface area contributed by atoms with Gasteiger partial charge in [0.2, 0.25) is 0 Å². The van der Waals surface area contributed by atoms with Crippen LogP contribution in [0.3, 0.4) is 0 Å². The number of carbonyl (C=O) groups excluding carboxylic acids is 1. The quantitative estimate of drug-likeness (QED) is 0.867. The Morgan fingerprint density at radius 2 is 1.65 bits per heavy atom. The smallest absolute Gasteiger partial charge is 0.186 e. The topological polar surface area (TPSA) is 54.5 Å². The van der Waals surface area contributed by atoms with Crippen LogP contribution in [0.4, 0.5) is 5.69 Å². The van der Waals surface area contributed by atoms with Gasteiger partial charge in [0.05, 0.1) is 4.90 Å². The van der Waals surface area contributed by atoms with Gasteiger partial charge in [0.25, 0.3) is 0 Å². The number of hydrogen-bond acceptors (Lipinski definition) is 4. The largest absolute Gasteiger partial charge is 0.377 e. The molecule has 2 rings (SSSR count). The van der Waals surface area contributed by atoms with E-state index in [4.69, 9.17) is 0 Å². The third-order valence-corrected chi connectivity index (χ3v) is 4.88. The van der Waals surface area contributed by atoms with Crippen molar-refractivity contribution in [3.8, 4) is 0 Å². The van der Waals surface area contributed by atoms with E-state index in [1.54, 1.807) is 18.2 Å². The van der Waals surface area contributed by atoms with Crippen molar-refractivity contribution in [2.45, 2.75) is 11.8 Å². The number of anilines is 1. The molecule has 0 spiro atoms. The van der Waals surface area contributed by atoms with Gasteiger partial charge >= 0.3 is 0 Å². The Balaban J connectivity index is 2.74. The average Bonchev–Trinajstić information content (AvgIpc) is 2.35. The lowest BCUT2D eigenvalue weighted by atomic mass is 10.1. The molecule has 0 N–H and O–H groups in total. The van der Waals surface area contributed by atoms with Crippen LogP contribution in [-0.4, -0.2) is 34.0 Å². The molecule has 0 atom stereocenters. The summed E-state index contributed by atoms with van der Waals surface area (Å²) >= 11 is 0. The highest BCUT2D eigenvalue weighted by atomic mass is 32.2. The number of sulfone groups is 1. The predicted molar refractivity (Wildman–Crippen MR) is 81.0 cm³/mol. The maximum absolute atomic E-state index is 12.3. The first-order valence-electron chi connectivity index (χ1n) is 6.24. The first-order valence-corrected chi connectivity index (χ1v) is 7.89. The van der Waals surface area contributed by atoms with E-state index in [9.17, 15) is 13.2 Å². The van der Waals surface area contributed by atoms with Crippen LogP contribution in [-0.2, 0) is 14.6 Å². The molecule has 0 radical (unpaired) electrons. The fraction of sp³-hybridized carbons (Fsp3) is 0.267. The van der Waals surface area contributed by atoms with E-state index in [1.165, 1.54) is 6.92 Å². The van der Waals surface area contributed by atoms with Crippen molar-refractivity contribution >= 4 is 32.1 Å². The minimum Gasteiger partial charge on any atom is -0.377 e. The molecule has 0 aliphatic rings. The molecule has 0 fully saturated rings. The second kappa shape index (κ2) is 5.25. The van der Waals surface area contributed by atoms with E-state index < -0.39 is 15.6 Å². The van der Waals surface area contributed by atoms with E-state index in [-0.39, 0.29) is 10.7 Å². The van der Waals surface area contributed by atoms with E-state index in [2.05, 4.69) is 0 Å². The zero-order valence-corrected chi connectivity index (χ0v) is 12.6. The van der Waals surface area contributed by atoms with Crippen molar-refractivity contribution in [1.82, 2.24) is 0 Å². The lowest BCUT2D eigenvalue weighted by molar-refractivity contribution is -0.114. The molecule has 0 aliphatic heterocycles. The number of Topliss-reactive ketones (excluding diaryl/α,β-unsaturated/α-hetero) is 1. The maximum atomic E-state index is 12.3. The summed E-state index contributed by atoms with van der Waals surface area (Å²) in [4.78, 5) is 13.3. The molecule has 0 bridgehead atoms. The Morgan fingerprint density at radius 3 is 2.25 bits per heavy atom. The van der Waals surface area contributed by atoms with E-state index in [0.29, 0.717) is 5.39 Å². The summed E-state index contributed by atoms with van der Waals surface area (Å²) in [7, 11) is 0.220. The van der Waals surface area contributed by atoms with Crippen LogP contribution in [0, 0.1) is 0 Å². The van der Waals surface area contributed by atoms with Crippen LogP contribution in [0.2, 0.25) is 0 Å². The van der Waals surface area contributed by atoms with Crippen LogP contribution in [0.15, 0.2) is 41.3 Å². The zero-order chi connectivity index (χ0) is 14.9. The molecule has 20 heavy (non-hydrogen) atoms. The summed E-state index contributed by atoms with van der Waals surface area (Å²) in [6.45, 7) is 1.29. The normalized spacial score (nSPS) is 11.6. The average molecular weight is 291 g/mol. The molecule has 0 unspecified atom stereocenters. The van der Waals surface area contributed by atoms with Gasteiger partial charge in [0.1, 0.15) is 11.5 Å². The number of fused-ring (bicyclic) bond motifs is 1. The summed E-state index contributed by atoms with van der Waals surface area (Å²) in [5.41, 5.74) is 0.947. The number of benzene rings is 2. The third-order valence-electron chi connectivity index (χ3n) is 3.07. The van der Waals surface area contributed by atoms with E-state index in [1.807, 2.05) is 37.2 Å². The first kappa shape index (κ1) is 14.5. The Morgan fingerprint density at radius 1 is 1.05 bits per heavy atom. The van der Waals surface area contributed by atoms with Crippen molar-refractivity contribution in [3.63, 3.8) is 0 Å². The summed E-state index contributed by atoms with van der Waals surface area (Å²) in [6.07, 6.45) is 0. The van der Waals surface area contributed by atoms with Gasteiger partial charge in [-0.3, -0.25) is 4.79 Å². The highest BCUT2D eigenvalue weighted by Crippen LogP contribution is 2.30. The highest BCUT2D eigenvalue weighted by Gasteiger charge is 2.20. The molecular formula is C15H17NO3S. The van der Waals surface area contributed by atoms with Crippen molar-refractivity contribution in [2.75, 3.05) is 24.7 Å². The van der Waals surface area contributed by atoms with Crippen molar-refractivity contribution in [1.29, 1.82) is 0 Å². The molecule has 0 aliphatic carbocycles. The standard InChI is InChI=1S/C15H17NO3S/c1-11(17)10-20(18,19)15-9-5-6-12-13(15)7-4-8-14(12)16(2)3/h4-9H,10H2,1-3H3. The van der Waals surface area contributed by atoms with Gasteiger partial charge < -0.3 is 4.90 Å². The van der Waals surface area contributed by atoms with Gasteiger partial charge in [-0.2, -0.15) is 0 Å². The van der Waals surface area contributed by atoms with Gasteiger partial charge in [-0.15, -0.1) is 0 Å². The molecule has 0 saturated heterocycles. The second-order valence-electron chi connectivity index (χ2n) is 4.98. The van der Waals surface area contributed by atoms with Crippen molar-refractivity contribution in [3.05, 3.63) is 36.4 Å². The molecule has 5 heteroatoms. The number of ketones is 1. The van der Waals surface area contributed by atoms with Crippen LogP contribution >= 0.6 is 0 Å². The number of hydrogen-bond donors (Lipinski definition) is 0. The Hall–Kier alpha value is -1.88. The second-order valence-corrected chi connectivity index (χ2v) is 6.94. The monoisotopic (exact) mass is 291 g/mol. The Bertz CT molecular complexity index is 764. The summed E-state index contributed by atoms with van der Waals surface area (Å²) in [6, 6.07) is 10.7. The molecule has 2 aromatic carbocycles. The van der Waals surface area contributed by atoms with Crippen LogP contribution in [0.1, 0.15) is 6.92 Å². The van der Waals surface area contributed by atoms with Crippen molar-refractivity contribution in [2.24, 2.45) is 0 Å². The molecule has 0 amide bonds.